The van der Waals surface area contributed by atoms with Crippen LogP contribution >= 0.6 is 23.2 Å². The molecule has 27 heavy (non-hydrogen) atoms. The summed E-state index contributed by atoms with van der Waals surface area (Å²) in [4.78, 5) is 2.21. The predicted molar refractivity (Wildman–Crippen MR) is 109 cm³/mol. The topological polar surface area (TPSA) is 41.9 Å². The van der Waals surface area contributed by atoms with Gasteiger partial charge < -0.3 is 14.6 Å². The van der Waals surface area contributed by atoms with Crippen molar-refractivity contribution in [2.45, 2.75) is 31.6 Å². The van der Waals surface area contributed by atoms with Crippen LogP contribution in [0.2, 0.25) is 10.0 Å². The third-order valence-corrected chi connectivity index (χ3v) is 5.11. The highest BCUT2D eigenvalue weighted by Gasteiger charge is 2.21. The zero-order valence-electron chi connectivity index (χ0n) is 15.2. The summed E-state index contributed by atoms with van der Waals surface area (Å²) in [6, 6.07) is 15.1. The number of rotatable bonds is 9. The lowest BCUT2D eigenvalue weighted by atomic mass is 10.1. The highest BCUT2D eigenvalue weighted by atomic mass is 35.5. The van der Waals surface area contributed by atoms with Gasteiger partial charge in [-0.3, -0.25) is 4.90 Å². The molecule has 0 bridgehead atoms. The van der Waals surface area contributed by atoms with Gasteiger partial charge in [-0.2, -0.15) is 0 Å². The van der Waals surface area contributed by atoms with E-state index in [2.05, 4.69) is 4.90 Å². The summed E-state index contributed by atoms with van der Waals surface area (Å²) in [7, 11) is 0. The van der Waals surface area contributed by atoms with Crippen LogP contribution in [0.4, 0.5) is 0 Å². The molecule has 0 spiro atoms. The summed E-state index contributed by atoms with van der Waals surface area (Å²) >= 11 is 12.1. The van der Waals surface area contributed by atoms with Crippen LogP contribution < -0.4 is 4.74 Å². The van der Waals surface area contributed by atoms with Gasteiger partial charge in [0.15, 0.2) is 0 Å². The normalized spacial score (nSPS) is 18.0. The minimum Gasteiger partial charge on any atom is -0.489 e. The summed E-state index contributed by atoms with van der Waals surface area (Å²) < 4.78 is 11.5. The number of benzene rings is 2. The molecule has 0 aromatic heterocycles. The van der Waals surface area contributed by atoms with Gasteiger partial charge in [0.2, 0.25) is 0 Å². The first-order chi connectivity index (χ1) is 13.1. The van der Waals surface area contributed by atoms with Crippen LogP contribution in [0.15, 0.2) is 48.5 Å². The number of para-hydroxylation sites is 1. The van der Waals surface area contributed by atoms with Crippen molar-refractivity contribution in [3.05, 3.63) is 64.1 Å². The largest absolute Gasteiger partial charge is 0.489 e. The van der Waals surface area contributed by atoms with E-state index < -0.39 is 6.10 Å². The van der Waals surface area contributed by atoms with Crippen molar-refractivity contribution < 1.29 is 14.6 Å². The SMILES string of the molecule is OC(COc1ccccc1Cl)CN(Cc1ccc(Cl)cc1)CC1CCCO1. The highest BCUT2D eigenvalue weighted by Crippen LogP contribution is 2.23. The minimum atomic E-state index is -0.630. The third kappa shape index (κ3) is 6.66. The van der Waals surface area contributed by atoms with Crippen molar-refractivity contribution >= 4 is 23.2 Å². The van der Waals surface area contributed by atoms with Crippen molar-refractivity contribution in [1.82, 2.24) is 4.90 Å². The van der Waals surface area contributed by atoms with Gasteiger partial charge in [-0.15, -0.1) is 0 Å². The molecule has 1 aliphatic rings. The maximum atomic E-state index is 10.5. The highest BCUT2D eigenvalue weighted by molar-refractivity contribution is 6.32. The van der Waals surface area contributed by atoms with Gasteiger partial charge in [0.25, 0.3) is 0 Å². The number of hydrogen-bond donors (Lipinski definition) is 1. The molecule has 1 heterocycles. The first kappa shape index (κ1) is 20.4. The van der Waals surface area contributed by atoms with Gasteiger partial charge in [0.1, 0.15) is 18.5 Å². The Balaban J connectivity index is 1.57. The Bertz CT molecular complexity index is 705. The van der Waals surface area contributed by atoms with E-state index in [-0.39, 0.29) is 12.7 Å². The van der Waals surface area contributed by atoms with Gasteiger partial charge in [-0.05, 0) is 42.7 Å². The Morgan fingerprint density at radius 1 is 1.15 bits per heavy atom. The molecule has 0 aliphatic carbocycles. The number of ether oxygens (including phenoxy) is 2. The van der Waals surface area contributed by atoms with Gasteiger partial charge in [0.05, 0.1) is 11.1 Å². The Morgan fingerprint density at radius 3 is 2.63 bits per heavy atom. The van der Waals surface area contributed by atoms with Gasteiger partial charge in [-0.1, -0.05) is 47.5 Å². The lowest BCUT2D eigenvalue weighted by molar-refractivity contribution is 0.0314. The fourth-order valence-electron chi connectivity index (χ4n) is 3.23. The molecule has 2 unspecified atom stereocenters. The zero-order chi connectivity index (χ0) is 19.1. The maximum absolute atomic E-state index is 10.5. The molecule has 0 saturated carbocycles. The van der Waals surface area contributed by atoms with Crippen molar-refractivity contribution in [2.24, 2.45) is 0 Å². The number of hydrogen-bond acceptors (Lipinski definition) is 4. The molecule has 1 N–H and O–H groups in total. The summed E-state index contributed by atoms with van der Waals surface area (Å²) in [6.07, 6.45) is 1.74. The quantitative estimate of drug-likeness (QED) is 0.665. The first-order valence-corrected chi connectivity index (χ1v) is 9.99. The van der Waals surface area contributed by atoms with E-state index in [1.165, 1.54) is 0 Å². The molecule has 4 nitrogen and oxygen atoms in total. The molecule has 6 heteroatoms. The van der Waals surface area contributed by atoms with E-state index in [0.29, 0.717) is 17.3 Å². The number of aliphatic hydroxyl groups excluding tert-OH is 1. The second kappa shape index (κ2) is 10.3. The molecule has 2 aromatic rings. The van der Waals surface area contributed by atoms with Crippen molar-refractivity contribution in [2.75, 3.05) is 26.3 Å². The molecule has 0 amide bonds. The Hall–Kier alpha value is -1.30. The summed E-state index contributed by atoms with van der Waals surface area (Å²) in [5.74, 6) is 0.585. The maximum Gasteiger partial charge on any atom is 0.138 e. The summed E-state index contributed by atoms with van der Waals surface area (Å²) in [5, 5.41) is 11.8. The minimum absolute atomic E-state index is 0.187. The molecule has 1 fully saturated rings. The smallest absolute Gasteiger partial charge is 0.138 e. The van der Waals surface area contributed by atoms with Crippen LogP contribution in [0, 0.1) is 0 Å². The lowest BCUT2D eigenvalue weighted by Crippen LogP contribution is -2.39. The first-order valence-electron chi connectivity index (χ1n) is 9.24. The second-order valence-corrected chi connectivity index (χ2v) is 7.69. The van der Waals surface area contributed by atoms with Gasteiger partial charge in [0, 0.05) is 31.3 Å². The lowest BCUT2D eigenvalue weighted by Gasteiger charge is -2.27. The Morgan fingerprint density at radius 2 is 1.93 bits per heavy atom. The number of halogens is 2. The zero-order valence-corrected chi connectivity index (χ0v) is 16.7. The van der Waals surface area contributed by atoms with Crippen LogP contribution in [-0.4, -0.2) is 48.5 Å². The molecule has 2 aromatic carbocycles. The molecular weight excluding hydrogens is 385 g/mol. The van der Waals surface area contributed by atoms with Crippen LogP contribution in [-0.2, 0) is 11.3 Å². The van der Waals surface area contributed by atoms with Crippen LogP contribution in [0.25, 0.3) is 0 Å². The van der Waals surface area contributed by atoms with Crippen LogP contribution in [0.5, 0.6) is 5.75 Å². The Labute approximate surface area is 170 Å². The fourth-order valence-corrected chi connectivity index (χ4v) is 3.54. The standard InChI is InChI=1S/C21H25Cl2NO3/c22-17-9-7-16(8-10-17)12-24(14-19-4-3-11-26-19)13-18(25)15-27-21-6-2-1-5-20(21)23/h1-2,5-10,18-19,25H,3-4,11-15H2. The molecule has 146 valence electrons. The third-order valence-electron chi connectivity index (χ3n) is 4.54. The summed E-state index contributed by atoms with van der Waals surface area (Å²) in [5.41, 5.74) is 1.15. The van der Waals surface area contributed by atoms with Crippen molar-refractivity contribution in [1.29, 1.82) is 0 Å². The summed E-state index contributed by atoms with van der Waals surface area (Å²) in [6.45, 7) is 3.00. The predicted octanol–water partition coefficient (Wildman–Crippen LogP) is 4.41. The van der Waals surface area contributed by atoms with E-state index in [9.17, 15) is 5.11 Å². The molecule has 2 atom stereocenters. The van der Waals surface area contributed by atoms with Gasteiger partial charge in [-0.25, -0.2) is 0 Å². The van der Waals surface area contributed by atoms with E-state index in [1.807, 2.05) is 36.4 Å². The monoisotopic (exact) mass is 409 g/mol. The van der Waals surface area contributed by atoms with Crippen LogP contribution in [0.1, 0.15) is 18.4 Å². The molecule has 3 rings (SSSR count). The van der Waals surface area contributed by atoms with Crippen molar-refractivity contribution in [3.63, 3.8) is 0 Å². The average molecular weight is 410 g/mol. The van der Waals surface area contributed by atoms with Crippen LogP contribution in [0.3, 0.4) is 0 Å². The number of aliphatic hydroxyl groups is 1. The molecule has 1 saturated heterocycles. The molecule has 1 aliphatic heterocycles. The fraction of sp³-hybridized carbons (Fsp3) is 0.429. The molecular formula is C21H25Cl2NO3. The number of nitrogens with zero attached hydrogens (tertiary/aromatic N) is 1. The Kier molecular flexibility index (Phi) is 7.80. The average Bonchev–Trinajstić information content (AvgIpc) is 3.16. The van der Waals surface area contributed by atoms with E-state index in [4.69, 9.17) is 32.7 Å². The van der Waals surface area contributed by atoms with Crippen molar-refractivity contribution in [3.8, 4) is 5.75 Å². The second-order valence-electron chi connectivity index (χ2n) is 6.85. The van der Waals surface area contributed by atoms with Gasteiger partial charge >= 0.3 is 0 Å². The van der Waals surface area contributed by atoms with E-state index in [1.54, 1.807) is 12.1 Å². The molecule has 0 radical (unpaired) electrons. The van der Waals surface area contributed by atoms with E-state index >= 15 is 0 Å². The van der Waals surface area contributed by atoms with E-state index in [0.717, 1.165) is 43.1 Å².